The largest absolute Gasteiger partial charge is 0.161 e. The third kappa shape index (κ3) is 1.65. The Labute approximate surface area is 86.9 Å². The Bertz CT molecular complexity index is 181. The van der Waals surface area contributed by atoms with Gasteiger partial charge in [-0.15, -0.1) is 0 Å². The van der Waals surface area contributed by atoms with E-state index in [1.54, 1.807) is 0 Å². The average molecular weight is 198 g/mol. The van der Waals surface area contributed by atoms with Crippen molar-refractivity contribution in [1.29, 1.82) is 0 Å². The summed E-state index contributed by atoms with van der Waals surface area (Å²) in [6, 6.07) is 0. The third-order valence-corrected chi connectivity index (χ3v) is 6.30. The van der Waals surface area contributed by atoms with E-state index in [1.165, 1.54) is 37.2 Å². The van der Waals surface area contributed by atoms with Crippen LogP contribution in [0.1, 0.15) is 46.5 Å². The van der Waals surface area contributed by atoms with E-state index >= 15 is 0 Å². The summed E-state index contributed by atoms with van der Waals surface area (Å²) < 4.78 is 0. The lowest BCUT2D eigenvalue weighted by Crippen LogP contribution is -2.43. The molecule has 1 aliphatic carbocycles. The molecule has 1 aliphatic heterocycles. The molecule has 1 saturated heterocycles. The molecule has 0 aromatic rings. The summed E-state index contributed by atoms with van der Waals surface area (Å²) in [6.07, 6.45) is 5.97. The normalized spacial score (nSPS) is 30.5. The molecule has 0 radical (unpaired) electrons. The standard InChI is InChI=1S/C12H22S/c1-10(2)11(3)4-6-12(7-5-11)8-13-9-12/h10H,4-9H2,1-3H3. The van der Waals surface area contributed by atoms with E-state index in [4.69, 9.17) is 0 Å². The first-order valence-corrected chi connectivity index (χ1v) is 6.80. The molecule has 0 bridgehead atoms. The van der Waals surface area contributed by atoms with Gasteiger partial charge in [0, 0.05) is 0 Å². The average Bonchev–Trinajstić information content (AvgIpc) is 2.03. The van der Waals surface area contributed by atoms with Crippen LogP contribution in [0.15, 0.2) is 0 Å². The minimum absolute atomic E-state index is 0.658. The molecule has 0 aromatic heterocycles. The molecule has 1 saturated carbocycles. The van der Waals surface area contributed by atoms with Crippen LogP contribution in [-0.2, 0) is 0 Å². The molecule has 0 atom stereocenters. The van der Waals surface area contributed by atoms with Gasteiger partial charge in [0.1, 0.15) is 0 Å². The van der Waals surface area contributed by atoms with Crippen molar-refractivity contribution < 1.29 is 0 Å². The monoisotopic (exact) mass is 198 g/mol. The first-order valence-electron chi connectivity index (χ1n) is 5.64. The summed E-state index contributed by atoms with van der Waals surface area (Å²) >= 11 is 2.15. The molecule has 1 heterocycles. The van der Waals surface area contributed by atoms with Crippen LogP contribution in [0.2, 0.25) is 0 Å². The van der Waals surface area contributed by atoms with Crippen molar-refractivity contribution in [2.45, 2.75) is 46.5 Å². The summed E-state index contributed by atoms with van der Waals surface area (Å²) in [5.41, 5.74) is 1.46. The fraction of sp³-hybridized carbons (Fsp3) is 1.00. The first-order chi connectivity index (χ1) is 6.06. The summed E-state index contributed by atoms with van der Waals surface area (Å²) in [5, 5.41) is 0. The fourth-order valence-corrected chi connectivity index (χ4v) is 3.97. The Morgan fingerprint density at radius 1 is 1.00 bits per heavy atom. The molecule has 1 heteroatoms. The van der Waals surface area contributed by atoms with Crippen molar-refractivity contribution in [3.8, 4) is 0 Å². The molecule has 0 nitrogen and oxygen atoms in total. The van der Waals surface area contributed by atoms with E-state index in [0.717, 1.165) is 11.3 Å². The maximum atomic E-state index is 2.50. The zero-order valence-electron chi connectivity index (χ0n) is 9.23. The van der Waals surface area contributed by atoms with Gasteiger partial charge in [0.2, 0.25) is 0 Å². The third-order valence-electron chi connectivity index (χ3n) is 4.66. The molecule has 0 aromatic carbocycles. The highest BCUT2D eigenvalue weighted by atomic mass is 32.2. The predicted molar refractivity (Wildman–Crippen MR) is 61.2 cm³/mol. The Kier molecular flexibility index (Phi) is 2.42. The Balaban J connectivity index is 1.95. The van der Waals surface area contributed by atoms with Gasteiger partial charge in [-0.2, -0.15) is 11.8 Å². The van der Waals surface area contributed by atoms with Crippen molar-refractivity contribution in [3.05, 3.63) is 0 Å². The maximum absolute atomic E-state index is 2.50. The molecular weight excluding hydrogens is 176 g/mol. The summed E-state index contributed by atoms with van der Waals surface area (Å²) in [5.74, 6) is 3.79. The predicted octanol–water partition coefficient (Wildman–Crippen LogP) is 3.96. The van der Waals surface area contributed by atoms with Gasteiger partial charge in [0.15, 0.2) is 0 Å². The van der Waals surface area contributed by atoms with Crippen LogP contribution in [0.25, 0.3) is 0 Å². The lowest BCUT2D eigenvalue weighted by molar-refractivity contribution is 0.0743. The first kappa shape index (κ1) is 9.89. The van der Waals surface area contributed by atoms with Crippen LogP contribution in [0.5, 0.6) is 0 Å². The van der Waals surface area contributed by atoms with Crippen molar-refractivity contribution in [2.75, 3.05) is 11.5 Å². The second-order valence-electron chi connectivity index (χ2n) is 5.80. The molecule has 2 rings (SSSR count). The summed E-state index contributed by atoms with van der Waals surface area (Å²) in [7, 11) is 0. The number of thioether (sulfide) groups is 1. The molecule has 2 aliphatic rings. The van der Waals surface area contributed by atoms with Crippen LogP contribution in [-0.4, -0.2) is 11.5 Å². The molecule has 13 heavy (non-hydrogen) atoms. The van der Waals surface area contributed by atoms with Crippen LogP contribution in [0, 0.1) is 16.7 Å². The smallest absolute Gasteiger partial charge is 0.000268 e. The van der Waals surface area contributed by atoms with Crippen molar-refractivity contribution in [2.24, 2.45) is 16.7 Å². The van der Waals surface area contributed by atoms with E-state index in [-0.39, 0.29) is 0 Å². The van der Waals surface area contributed by atoms with Crippen molar-refractivity contribution in [3.63, 3.8) is 0 Å². The van der Waals surface area contributed by atoms with Crippen LogP contribution in [0.4, 0.5) is 0 Å². The van der Waals surface area contributed by atoms with Gasteiger partial charge in [-0.1, -0.05) is 20.8 Å². The van der Waals surface area contributed by atoms with Crippen molar-refractivity contribution >= 4 is 11.8 Å². The Hall–Kier alpha value is 0.350. The fourth-order valence-electron chi connectivity index (χ4n) is 2.61. The van der Waals surface area contributed by atoms with Gasteiger partial charge in [0.25, 0.3) is 0 Å². The van der Waals surface area contributed by atoms with Gasteiger partial charge in [0.05, 0.1) is 0 Å². The quantitative estimate of drug-likeness (QED) is 0.614. The molecule has 0 amide bonds. The van der Waals surface area contributed by atoms with Crippen molar-refractivity contribution in [1.82, 2.24) is 0 Å². The van der Waals surface area contributed by atoms with E-state index in [9.17, 15) is 0 Å². The van der Waals surface area contributed by atoms with Crippen LogP contribution < -0.4 is 0 Å². The summed E-state index contributed by atoms with van der Waals surface area (Å²) in [4.78, 5) is 0. The second kappa shape index (κ2) is 3.18. The molecule has 1 spiro atoms. The van der Waals surface area contributed by atoms with Gasteiger partial charge < -0.3 is 0 Å². The Morgan fingerprint density at radius 2 is 1.54 bits per heavy atom. The van der Waals surface area contributed by atoms with Gasteiger partial charge in [-0.05, 0) is 53.9 Å². The summed E-state index contributed by atoms with van der Waals surface area (Å²) in [6.45, 7) is 7.29. The van der Waals surface area contributed by atoms with E-state index in [1.807, 2.05) is 0 Å². The molecule has 0 N–H and O–H groups in total. The van der Waals surface area contributed by atoms with Gasteiger partial charge in [-0.25, -0.2) is 0 Å². The number of rotatable bonds is 1. The van der Waals surface area contributed by atoms with E-state index in [2.05, 4.69) is 32.5 Å². The topological polar surface area (TPSA) is 0 Å². The highest BCUT2D eigenvalue weighted by Gasteiger charge is 2.45. The molecule has 2 fully saturated rings. The lowest BCUT2D eigenvalue weighted by Gasteiger charge is -2.51. The second-order valence-corrected chi connectivity index (χ2v) is 6.79. The molecule has 76 valence electrons. The minimum Gasteiger partial charge on any atom is -0.161 e. The Morgan fingerprint density at radius 3 is 1.85 bits per heavy atom. The van der Waals surface area contributed by atoms with Gasteiger partial charge in [-0.3, -0.25) is 0 Å². The highest BCUT2D eigenvalue weighted by molar-refractivity contribution is 8.00. The maximum Gasteiger partial charge on any atom is -0.000268 e. The minimum atomic E-state index is 0.658. The van der Waals surface area contributed by atoms with Gasteiger partial charge >= 0.3 is 0 Å². The highest BCUT2D eigenvalue weighted by Crippen LogP contribution is 2.55. The van der Waals surface area contributed by atoms with Crippen LogP contribution in [0.3, 0.4) is 0 Å². The zero-order chi connectivity index (χ0) is 9.53. The number of hydrogen-bond donors (Lipinski definition) is 0. The van der Waals surface area contributed by atoms with E-state index in [0.29, 0.717) is 5.41 Å². The number of hydrogen-bond acceptors (Lipinski definition) is 1. The van der Waals surface area contributed by atoms with E-state index < -0.39 is 0 Å². The molecule has 0 unspecified atom stereocenters. The molecular formula is C12H22S. The zero-order valence-corrected chi connectivity index (χ0v) is 10.0. The lowest BCUT2D eigenvalue weighted by atomic mass is 9.61. The SMILES string of the molecule is CC(C)C1(C)CCC2(CC1)CSC2. The van der Waals surface area contributed by atoms with Crippen LogP contribution >= 0.6 is 11.8 Å².